The van der Waals surface area contributed by atoms with Gasteiger partial charge in [-0.05, 0) is 30.7 Å². The van der Waals surface area contributed by atoms with E-state index in [9.17, 15) is 9.18 Å². The van der Waals surface area contributed by atoms with Gasteiger partial charge in [-0.15, -0.1) is 0 Å². The normalized spacial score (nSPS) is 10.7. The van der Waals surface area contributed by atoms with Gasteiger partial charge in [-0.3, -0.25) is 9.48 Å². The molecule has 1 aromatic carbocycles. The highest BCUT2D eigenvalue weighted by Crippen LogP contribution is 2.19. The number of hydrogen-bond acceptors (Lipinski definition) is 2. The smallest absolute Gasteiger partial charge is 0.185 e. The lowest BCUT2D eigenvalue weighted by Crippen LogP contribution is -2.10. The van der Waals surface area contributed by atoms with Gasteiger partial charge in [0.2, 0.25) is 0 Å². The predicted molar refractivity (Wildman–Crippen MR) is 67.4 cm³/mol. The maximum absolute atomic E-state index is 12.9. The third kappa shape index (κ3) is 2.59. The molecule has 0 bridgehead atoms. The fraction of sp³-hybridized carbons (Fsp3) is 0.231. The number of halogens is 2. The molecule has 0 N–H and O–H groups in total. The van der Waals surface area contributed by atoms with Gasteiger partial charge in [-0.25, -0.2) is 4.39 Å². The Balaban J connectivity index is 2.24. The molecular weight excluding hydrogens is 255 g/mol. The first-order chi connectivity index (χ1) is 8.47. The van der Waals surface area contributed by atoms with Crippen LogP contribution in [0, 0.1) is 12.7 Å². The van der Waals surface area contributed by atoms with Crippen molar-refractivity contribution in [2.24, 2.45) is 7.05 Å². The van der Waals surface area contributed by atoms with Crippen LogP contribution in [0.1, 0.15) is 21.7 Å². The first kappa shape index (κ1) is 12.8. The topological polar surface area (TPSA) is 34.9 Å². The van der Waals surface area contributed by atoms with Crippen molar-refractivity contribution in [3.8, 4) is 0 Å². The van der Waals surface area contributed by atoms with Gasteiger partial charge in [-0.1, -0.05) is 17.7 Å². The summed E-state index contributed by atoms with van der Waals surface area (Å²) in [6, 6.07) is 5.75. The van der Waals surface area contributed by atoms with Crippen molar-refractivity contribution in [3.63, 3.8) is 0 Å². The minimum absolute atomic E-state index is 0.0911. The molecule has 94 valence electrons. The highest BCUT2D eigenvalue weighted by molar-refractivity contribution is 6.31. The molecule has 0 aliphatic heterocycles. The standard InChI is InChI=1S/C13H12ClFN2O/c1-8-5-12(17(2)16-8)13(18)6-9-3-4-10(15)7-11(9)14/h3-5,7H,6H2,1-2H3. The molecule has 1 heterocycles. The van der Waals surface area contributed by atoms with E-state index in [1.165, 1.54) is 22.9 Å². The monoisotopic (exact) mass is 266 g/mol. The minimum Gasteiger partial charge on any atom is -0.292 e. The zero-order valence-electron chi connectivity index (χ0n) is 10.1. The van der Waals surface area contributed by atoms with E-state index < -0.39 is 5.82 Å². The maximum Gasteiger partial charge on any atom is 0.185 e. The predicted octanol–water partition coefficient (Wildman–Crippen LogP) is 2.95. The van der Waals surface area contributed by atoms with Crippen LogP contribution in [0.3, 0.4) is 0 Å². The molecule has 0 unspecified atom stereocenters. The fourth-order valence-corrected chi connectivity index (χ4v) is 2.03. The highest BCUT2D eigenvalue weighted by Gasteiger charge is 2.14. The Labute approximate surface area is 109 Å². The van der Waals surface area contributed by atoms with Crippen LogP contribution in [-0.4, -0.2) is 15.6 Å². The zero-order chi connectivity index (χ0) is 13.3. The number of carbonyl (C=O) groups is 1. The molecule has 18 heavy (non-hydrogen) atoms. The Morgan fingerprint density at radius 3 is 2.72 bits per heavy atom. The Morgan fingerprint density at radius 2 is 2.17 bits per heavy atom. The third-order valence-corrected chi connectivity index (χ3v) is 3.01. The average molecular weight is 267 g/mol. The Morgan fingerprint density at radius 1 is 1.44 bits per heavy atom. The third-order valence-electron chi connectivity index (χ3n) is 2.65. The maximum atomic E-state index is 12.9. The Bertz CT molecular complexity index is 607. The molecule has 0 saturated heterocycles. The van der Waals surface area contributed by atoms with E-state index in [2.05, 4.69) is 5.10 Å². The Hall–Kier alpha value is -1.68. The van der Waals surface area contributed by atoms with Crippen LogP contribution in [0.15, 0.2) is 24.3 Å². The molecule has 0 aliphatic carbocycles. The van der Waals surface area contributed by atoms with E-state index in [0.717, 1.165) is 5.69 Å². The van der Waals surface area contributed by atoms with Crippen molar-refractivity contribution in [1.29, 1.82) is 0 Å². The number of aromatic nitrogens is 2. The van der Waals surface area contributed by atoms with Crippen molar-refractivity contribution >= 4 is 17.4 Å². The van der Waals surface area contributed by atoms with Gasteiger partial charge >= 0.3 is 0 Å². The fourth-order valence-electron chi connectivity index (χ4n) is 1.80. The lowest BCUT2D eigenvalue weighted by atomic mass is 10.1. The zero-order valence-corrected chi connectivity index (χ0v) is 10.8. The molecule has 0 spiro atoms. The van der Waals surface area contributed by atoms with Crippen molar-refractivity contribution in [1.82, 2.24) is 9.78 Å². The quantitative estimate of drug-likeness (QED) is 0.801. The molecule has 5 heteroatoms. The molecule has 1 aromatic heterocycles. The van der Waals surface area contributed by atoms with Crippen LogP contribution in [-0.2, 0) is 13.5 Å². The number of Topliss-reactive ketones (excluding diaryl/α,β-unsaturated/α-hetero) is 1. The SMILES string of the molecule is Cc1cc(C(=O)Cc2ccc(F)cc2Cl)n(C)n1. The van der Waals surface area contributed by atoms with Gasteiger partial charge in [0.15, 0.2) is 5.78 Å². The van der Waals surface area contributed by atoms with Crippen LogP contribution in [0.4, 0.5) is 4.39 Å². The summed E-state index contributed by atoms with van der Waals surface area (Å²) in [6.07, 6.45) is 0.137. The molecule has 0 radical (unpaired) electrons. The van der Waals surface area contributed by atoms with Crippen molar-refractivity contribution in [2.45, 2.75) is 13.3 Å². The van der Waals surface area contributed by atoms with Crippen LogP contribution in [0.5, 0.6) is 0 Å². The molecule has 2 rings (SSSR count). The summed E-state index contributed by atoms with van der Waals surface area (Å²) in [7, 11) is 1.71. The average Bonchev–Trinajstić information content (AvgIpc) is 2.62. The van der Waals surface area contributed by atoms with Gasteiger partial charge in [0.1, 0.15) is 11.5 Å². The lowest BCUT2D eigenvalue weighted by Gasteiger charge is -2.04. The number of rotatable bonds is 3. The first-order valence-electron chi connectivity index (χ1n) is 5.45. The van der Waals surface area contributed by atoms with E-state index in [-0.39, 0.29) is 17.2 Å². The highest BCUT2D eigenvalue weighted by atomic mass is 35.5. The van der Waals surface area contributed by atoms with Crippen molar-refractivity contribution in [3.05, 3.63) is 52.1 Å². The number of benzene rings is 1. The van der Waals surface area contributed by atoms with Gasteiger partial charge in [0.25, 0.3) is 0 Å². The Kier molecular flexibility index (Phi) is 3.48. The van der Waals surface area contributed by atoms with E-state index in [4.69, 9.17) is 11.6 Å². The molecular formula is C13H12ClFN2O. The summed E-state index contributed by atoms with van der Waals surface area (Å²) in [5.41, 5.74) is 1.92. The van der Waals surface area contributed by atoms with Crippen LogP contribution in [0.25, 0.3) is 0 Å². The molecule has 0 amide bonds. The van der Waals surface area contributed by atoms with Gasteiger partial charge in [0.05, 0.1) is 5.69 Å². The number of nitrogens with zero attached hydrogens (tertiary/aromatic N) is 2. The number of aryl methyl sites for hydroxylation is 2. The summed E-state index contributed by atoms with van der Waals surface area (Å²) in [4.78, 5) is 12.1. The molecule has 0 saturated carbocycles. The van der Waals surface area contributed by atoms with E-state index in [0.29, 0.717) is 11.3 Å². The second-order valence-electron chi connectivity index (χ2n) is 4.13. The lowest BCUT2D eigenvalue weighted by molar-refractivity contribution is 0.0984. The molecule has 2 aromatic rings. The van der Waals surface area contributed by atoms with E-state index in [1.807, 2.05) is 6.92 Å². The second kappa shape index (κ2) is 4.90. The van der Waals surface area contributed by atoms with Gasteiger partial charge < -0.3 is 0 Å². The molecule has 0 fully saturated rings. The minimum atomic E-state index is -0.410. The largest absolute Gasteiger partial charge is 0.292 e. The summed E-state index contributed by atoms with van der Waals surface area (Å²) in [6.45, 7) is 1.82. The van der Waals surface area contributed by atoms with Crippen molar-refractivity contribution < 1.29 is 9.18 Å². The summed E-state index contributed by atoms with van der Waals surface area (Å²) in [5, 5.41) is 4.38. The van der Waals surface area contributed by atoms with E-state index in [1.54, 1.807) is 13.1 Å². The van der Waals surface area contributed by atoms with Gasteiger partial charge in [0, 0.05) is 18.5 Å². The number of carbonyl (C=O) groups excluding carboxylic acids is 1. The van der Waals surface area contributed by atoms with Crippen LogP contribution >= 0.6 is 11.6 Å². The van der Waals surface area contributed by atoms with Gasteiger partial charge in [-0.2, -0.15) is 5.10 Å². The first-order valence-corrected chi connectivity index (χ1v) is 5.83. The summed E-state index contributed by atoms with van der Waals surface area (Å²) in [5.74, 6) is -0.501. The number of ketones is 1. The van der Waals surface area contributed by atoms with E-state index >= 15 is 0 Å². The molecule has 0 aliphatic rings. The number of hydrogen-bond donors (Lipinski definition) is 0. The molecule has 3 nitrogen and oxygen atoms in total. The molecule has 0 atom stereocenters. The van der Waals surface area contributed by atoms with Crippen LogP contribution < -0.4 is 0 Å². The summed E-state index contributed by atoms with van der Waals surface area (Å²) < 4.78 is 14.4. The van der Waals surface area contributed by atoms with Crippen molar-refractivity contribution in [2.75, 3.05) is 0 Å². The summed E-state index contributed by atoms with van der Waals surface area (Å²) >= 11 is 5.89. The van der Waals surface area contributed by atoms with Crippen LogP contribution in [0.2, 0.25) is 5.02 Å². The second-order valence-corrected chi connectivity index (χ2v) is 4.54.